The molecule has 0 aliphatic heterocycles. The Morgan fingerprint density at radius 2 is 0.719 bits per heavy atom. The Morgan fingerprint density at radius 1 is 0.406 bits per heavy atom. The lowest BCUT2D eigenvalue weighted by Crippen LogP contribution is -2.32. The van der Waals surface area contributed by atoms with Gasteiger partial charge < -0.3 is 38.2 Å². The van der Waals surface area contributed by atoms with E-state index in [0.29, 0.717) is 49.2 Å². The van der Waals surface area contributed by atoms with Gasteiger partial charge in [-0.05, 0) is 38.4 Å². The van der Waals surface area contributed by atoms with Gasteiger partial charge in [0.15, 0.2) is 0 Å². The summed E-state index contributed by atoms with van der Waals surface area (Å²) in [4.78, 5) is 78.2. The molecule has 3 atom stereocenters. The SMILES string of the molecule is CCCCCCCCSCC(C)C(=O)OCCOC(=O)CCN(CCSCC(C)C(=O)OCCOC(=O)CCN(C)C)CCC(=O)OCCOC(=O)C(C)CSCCCCCCCC. The van der Waals surface area contributed by atoms with Crippen LogP contribution in [0.15, 0.2) is 0 Å². The number of esters is 6. The minimum Gasteiger partial charge on any atom is -0.462 e. The number of nitrogens with zero attached hydrogens (tertiary/aromatic N) is 2. The second-order valence-corrected chi connectivity index (χ2v) is 20.0. The number of unbranched alkanes of at least 4 members (excludes halogenated alkanes) is 10. The predicted octanol–water partition coefficient (Wildman–Crippen LogP) is 8.11. The van der Waals surface area contributed by atoms with Crippen molar-refractivity contribution in [3.05, 3.63) is 0 Å². The van der Waals surface area contributed by atoms with Crippen molar-refractivity contribution in [1.82, 2.24) is 9.80 Å². The lowest BCUT2D eigenvalue weighted by atomic mass is 10.1. The number of thioether (sulfide) groups is 3. The zero-order chi connectivity index (χ0) is 47.6. The number of carbonyl (C=O) groups excluding carboxylic acids is 6. The van der Waals surface area contributed by atoms with Crippen LogP contribution in [0.5, 0.6) is 0 Å². The monoisotopic (exact) mass is 967 g/mol. The van der Waals surface area contributed by atoms with Gasteiger partial charge in [-0.15, -0.1) is 0 Å². The summed E-state index contributed by atoms with van der Waals surface area (Å²) >= 11 is 5.07. The third kappa shape index (κ3) is 39.0. The predicted molar refractivity (Wildman–Crippen MR) is 261 cm³/mol. The van der Waals surface area contributed by atoms with Crippen LogP contribution >= 0.6 is 35.3 Å². The third-order valence-corrected chi connectivity index (χ3v) is 13.8. The van der Waals surface area contributed by atoms with Crippen LogP contribution in [0, 0.1) is 17.8 Å². The van der Waals surface area contributed by atoms with Gasteiger partial charge in [0.1, 0.15) is 39.6 Å². The van der Waals surface area contributed by atoms with Crippen LogP contribution in [0.25, 0.3) is 0 Å². The van der Waals surface area contributed by atoms with Crippen molar-refractivity contribution in [1.29, 1.82) is 0 Å². The standard InChI is InChI=1S/C47H86N2O12S3/c1-8-10-12-14-16-18-33-62-36-39(3)45(53)59-31-28-57-43(51)21-24-49(26-35-64-38-41(5)47(55)61-30-27-56-42(50)20-23-48(6)7)25-22-44(52)58-29-32-60-46(54)40(4)37-63-34-19-17-15-13-11-9-2/h39-41H,8-38H2,1-7H3. The van der Waals surface area contributed by atoms with Crippen molar-refractivity contribution in [2.75, 3.05) is 114 Å². The molecule has 0 saturated carbocycles. The number of hydrogen-bond donors (Lipinski definition) is 0. The average Bonchev–Trinajstić information content (AvgIpc) is 3.27. The van der Waals surface area contributed by atoms with E-state index in [0.717, 1.165) is 24.3 Å². The molecule has 14 nitrogen and oxygen atoms in total. The molecular formula is C47H86N2O12S3. The summed E-state index contributed by atoms with van der Waals surface area (Å²) in [5, 5.41) is 0. The van der Waals surface area contributed by atoms with E-state index in [1.54, 1.807) is 30.4 Å². The molecule has 0 aromatic heterocycles. The molecule has 0 spiro atoms. The molecule has 0 aliphatic rings. The van der Waals surface area contributed by atoms with Gasteiger partial charge in [0.25, 0.3) is 0 Å². The van der Waals surface area contributed by atoms with Crippen LogP contribution in [0.3, 0.4) is 0 Å². The molecule has 3 unspecified atom stereocenters. The summed E-state index contributed by atoms with van der Waals surface area (Å²) in [6.07, 6.45) is 15.3. The molecule has 0 aromatic carbocycles. The molecule has 0 heterocycles. The highest BCUT2D eigenvalue weighted by Gasteiger charge is 2.19. The Hall–Kier alpha value is -2.21. The van der Waals surface area contributed by atoms with Gasteiger partial charge in [0.05, 0.1) is 37.0 Å². The van der Waals surface area contributed by atoms with E-state index in [4.69, 9.17) is 28.4 Å². The van der Waals surface area contributed by atoms with Crippen LogP contribution in [0.2, 0.25) is 0 Å². The fraction of sp³-hybridized carbons (Fsp3) is 0.872. The van der Waals surface area contributed by atoms with Crippen molar-refractivity contribution in [2.24, 2.45) is 17.8 Å². The van der Waals surface area contributed by atoms with Gasteiger partial charge in [-0.1, -0.05) is 98.8 Å². The molecule has 0 amide bonds. The quantitative estimate of drug-likeness (QED) is 0.0326. The lowest BCUT2D eigenvalue weighted by Gasteiger charge is -2.22. The van der Waals surface area contributed by atoms with Crippen LogP contribution in [-0.2, 0) is 57.2 Å². The Balaban J connectivity index is 4.73. The topological polar surface area (TPSA) is 164 Å². The smallest absolute Gasteiger partial charge is 0.309 e. The largest absolute Gasteiger partial charge is 0.462 e. The van der Waals surface area contributed by atoms with Gasteiger partial charge in [0, 0.05) is 49.2 Å². The van der Waals surface area contributed by atoms with E-state index >= 15 is 0 Å². The molecule has 0 bridgehead atoms. The van der Waals surface area contributed by atoms with Gasteiger partial charge in [-0.25, -0.2) is 0 Å². The number of carbonyl (C=O) groups is 6. The molecule has 64 heavy (non-hydrogen) atoms. The fourth-order valence-corrected chi connectivity index (χ4v) is 9.01. The molecule has 0 aromatic rings. The van der Waals surface area contributed by atoms with E-state index in [2.05, 4.69) is 13.8 Å². The highest BCUT2D eigenvalue weighted by molar-refractivity contribution is 7.99. The minimum absolute atomic E-state index is 0.00365. The van der Waals surface area contributed by atoms with Crippen LogP contribution in [0.1, 0.15) is 131 Å². The molecule has 0 saturated heterocycles. The van der Waals surface area contributed by atoms with Gasteiger partial charge in [0.2, 0.25) is 0 Å². The van der Waals surface area contributed by atoms with E-state index in [1.165, 1.54) is 76.0 Å². The van der Waals surface area contributed by atoms with Crippen molar-refractivity contribution in [3.63, 3.8) is 0 Å². The molecule has 17 heteroatoms. The molecule has 0 aliphatic carbocycles. The fourth-order valence-electron chi connectivity index (χ4n) is 5.83. The maximum Gasteiger partial charge on any atom is 0.309 e. The molecule has 0 radical (unpaired) electrons. The Kier molecular flexibility index (Phi) is 41.9. The first kappa shape index (κ1) is 61.8. The maximum absolute atomic E-state index is 12.6. The number of rotatable bonds is 44. The first-order valence-corrected chi connectivity index (χ1v) is 27.3. The van der Waals surface area contributed by atoms with E-state index in [-0.39, 0.29) is 94.6 Å². The maximum atomic E-state index is 12.6. The minimum atomic E-state index is -0.449. The first-order valence-electron chi connectivity index (χ1n) is 23.9. The van der Waals surface area contributed by atoms with Gasteiger partial charge >= 0.3 is 35.8 Å². The average molecular weight is 967 g/mol. The zero-order valence-electron chi connectivity index (χ0n) is 40.7. The highest BCUT2D eigenvalue weighted by Crippen LogP contribution is 2.16. The Morgan fingerprint density at radius 3 is 1.08 bits per heavy atom. The first-order chi connectivity index (χ1) is 30.8. The summed E-state index contributed by atoms with van der Waals surface area (Å²) in [6.45, 7) is 11.5. The van der Waals surface area contributed by atoms with Crippen molar-refractivity contribution in [3.8, 4) is 0 Å². The van der Waals surface area contributed by atoms with Gasteiger partial charge in [-0.3, -0.25) is 28.8 Å². The van der Waals surface area contributed by atoms with Crippen molar-refractivity contribution in [2.45, 2.75) is 131 Å². The molecule has 0 rings (SSSR count). The van der Waals surface area contributed by atoms with E-state index < -0.39 is 17.9 Å². The summed E-state index contributed by atoms with van der Waals surface area (Å²) in [5.41, 5.74) is 0. The van der Waals surface area contributed by atoms with Crippen LogP contribution in [0.4, 0.5) is 0 Å². The number of hydrogen-bond acceptors (Lipinski definition) is 17. The van der Waals surface area contributed by atoms with E-state index in [9.17, 15) is 28.8 Å². The summed E-state index contributed by atoms with van der Waals surface area (Å²) in [7, 11) is 3.73. The number of ether oxygens (including phenoxy) is 6. The Bertz CT molecular complexity index is 1170. The summed E-state index contributed by atoms with van der Waals surface area (Å²) < 4.78 is 31.8. The van der Waals surface area contributed by atoms with Crippen LogP contribution < -0.4 is 0 Å². The van der Waals surface area contributed by atoms with Gasteiger partial charge in [-0.2, -0.15) is 35.3 Å². The van der Waals surface area contributed by atoms with Crippen molar-refractivity contribution < 1.29 is 57.2 Å². The third-order valence-electron chi connectivity index (χ3n) is 9.95. The summed E-state index contributed by atoms with van der Waals surface area (Å²) in [5.74, 6) is 1.44. The second kappa shape index (κ2) is 43.4. The summed E-state index contributed by atoms with van der Waals surface area (Å²) in [6, 6.07) is 0. The highest BCUT2D eigenvalue weighted by atomic mass is 32.2. The lowest BCUT2D eigenvalue weighted by molar-refractivity contribution is -0.154. The zero-order valence-corrected chi connectivity index (χ0v) is 43.1. The normalized spacial score (nSPS) is 12.7. The molecule has 0 N–H and O–H groups in total. The molecular weight excluding hydrogens is 881 g/mol. The molecule has 0 fully saturated rings. The second-order valence-electron chi connectivity index (χ2n) is 16.5. The van der Waals surface area contributed by atoms with E-state index in [1.807, 2.05) is 37.7 Å². The van der Waals surface area contributed by atoms with Crippen LogP contribution in [-0.4, -0.2) is 160 Å². The Labute approximate surface area is 399 Å². The molecule has 374 valence electrons. The van der Waals surface area contributed by atoms with Crippen molar-refractivity contribution >= 4 is 71.1 Å².